The summed E-state index contributed by atoms with van der Waals surface area (Å²) < 4.78 is 21.2. The molecule has 5 rings (SSSR count). The van der Waals surface area contributed by atoms with Crippen LogP contribution in [0.1, 0.15) is 44.9 Å². The van der Waals surface area contributed by atoms with Crippen molar-refractivity contribution >= 4 is 17.3 Å². The van der Waals surface area contributed by atoms with Gasteiger partial charge in [0.1, 0.15) is 40.2 Å². The van der Waals surface area contributed by atoms with Crippen molar-refractivity contribution < 1.29 is 19.0 Å². The van der Waals surface area contributed by atoms with Crippen molar-refractivity contribution in [3.8, 4) is 22.8 Å². The van der Waals surface area contributed by atoms with Crippen molar-refractivity contribution in [1.29, 1.82) is 0 Å². The number of halogens is 1. The third kappa shape index (κ3) is 3.99. The number of ether oxygens (including phenoxy) is 1. The zero-order chi connectivity index (χ0) is 24.7. The number of nitrogens with zero attached hydrogens (tertiary/aromatic N) is 3. The van der Waals surface area contributed by atoms with Crippen molar-refractivity contribution in [2.75, 3.05) is 5.73 Å². The summed E-state index contributed by atoms with van der Waals surface area (Å²) >= 11 is 0. The van der Waals surface area contributed by atoms with Crippen LogP contribution in [0.3, 0.4) is 0 Å². The molecule has 2 heterocycles. The summed E-state index contributed by atoms with van der Waals surface area (Å²) in [5, 5.41) is 10.00. The lowest BCUT2D eigenvalue weighted by Gasteiger charge is -2.28. The third-order valence-electron chi connectivity index (χ3n) is 7.22. The maximum atomic E-state index is 13.5. The third-order valence-corrected chi connectivity index (χ3v) is 7.22. The smallest absolute Gasteiger partial charge is 0.309 e. The van der Waals surface area contributed by atoms with E-state index in [1.165, 1.54) is 12.1 Å². The van der Waals surface area contributed by atoms with E-state index in [0.29, 0.717) is 41.4 Å². The molecule has 2 aromatic heterocycles. The van der Waals surface area contributed by atoms with Gasteiger partial charge in [-0.1, -0.05) is 19.9 Å². The summed E-state index contributed by atoms with van der Waals surface area (Å²) in [7, 11) is 0. The minimum absolute atomic E-state index is 0.00728. The largest absolute Gasteiger partial charge is 0.481 e. The Kier molecular flexibility index (Phi) is 5.67. The van der Waals surface area contributed by atoms with Crippen LogP contribution in [0.15, 0.2) is 60.9 Å². The van der Waals surface area contributed by atoms with E-state index < -0.39 is 11.4 Å². The van der Waals surface area contributed by atoms with Gasteiger partial charge in [-0.15, -0.1) is 0 Å². The van der Waals surface area contributed by atoms with Crippen LogP contribution >= 0.6 is 0 Å². The monoisotopic (exact) mass is 474 g/mol. The number of rotatable bonds is 6. The fourth-order valence-corrected chi connectivity index (χ4v) is 5.19. The highest BCUT2D eigenvalue weighted by molar-refractivity contribution is 5.85. The standard InChI is InChI=1S/C27H27FN4O3/c1-16(2)27(26(33)34)11-10-18(15-27)25-31-22(23-24(29)30-12-13-32(23)25)17-6-8-20(9-7-17)35-21-5-3-4-19(28)14-21/h3-9,12-14,16,18H,10-11,15H2,1-2H3,(H2,29,30)(H,33,34)/t18-,27-/m1/s1. The summed E-state index contributed by atoms with van der Waals surface area (Å²) in [6, 6.07) is 13.3. The lowest BCUT2D eigenvalue weighted by molar-refractivity contribution is -0.151. The van der Waals surface area contributed by atoms with Gasteiger partial charge in [0.2, 0.25) is 0 Å². The van der Waals surface area contributed by atoms with Crippen LogP contribution in [-0.2, 0) is 4.79 Å². The number of hydrogen-bond donors (Lipinski definition) is 2. The molecule has 180 valence electrons. The molecule has 7 nitrogen and oxygen atoms in total. The fourth-order valence-electron chi connectivity index (χ4n) is 5.19. The molecule has 1 aliphatic carbocycles. The number of imidazole rings is 1. The number of carboxylic acids is 1. The molecule has 0 radical (unpaired) electrons. The predicted molar refractivity (Wildman–Crippen MR) is 131 cm³/mol. The Balaban J connectivity index is 1.51. The Morgan fingerprint density at radius 1 is 1.23 bits per heavy atom. The maximum absolute atomic E-state index is 13.5. The zero-order valence-corrected chi connectivity index (χ0v) is 19.6. The number of nitrogens with two attached hydrogens (primary N) is 1. The molecule has 0 spiro atoms. The number of anilines is 1. The van der Waals surface area contributed by atoms with Gasteiger partial charge in [0.25, 0.3) is 0 Å². The molecule has 2 aromatic carbocycles. The second kappa shape index (κ2) is 8.69. The predicted octanol–water partition coefficient (Wildman–Crippen LogP) is 5.90. The van der Waals surface area contributed by atoms with Crippen molar-refractivity contribution in [1.82, 2.24) is 14.4 Å². The maximum Gasteiger partial charge on any atom is 0.309 e. The van der Waals surface area contributed by atoms with Crippen LogP contribution in [-0.4, -0.2) is 25.4 Å². The van der Waals surface area contributed by atoms with Gasteiger partial charge in [-0.3, -0.25) is 9.20 Å². The fraction of sp³-hybridized carbons (Fsp3) is 0.296. The molecule has 0 bridgehead atoms. The molecule has 1 fully saturated rings. The number of benzene rings is 2. The first-order chi connectivity index (χ1) is 16.8. The Morgan fingerprint density at radius 3 is 2.66 bits per heavy atom. The Labute approximate surface area is 202 Å². The molecule has 0 aliphatic heterocycles. The van der Waals surface area contributed by atoms with Gasteiger partial charge >= 0.3 is 5.97 Å². The Morgan fingerprint density at radius 2 is 2.00 bits per heavy atom. The summed E-state index contributed by atoms with van der Waals surface area (Å²) in [5.74, 6) is 1.03. The number of hydrogen-bond acceptors (Lipinski definition) is 5. The van der Waals surface area contributed by atoms with E-state index in [-0.39, 0.29) is 17.7 Å². The minimum atomic E-state index is -0.759. The average Bonchev–Trinajstić information content (AvgIpc) is 3.44. The molecule has 35 heavy (non-hydrogen) atoms. The molecular weight excluding hydrogens is 447 g/mol. The topological polar surface area (TPSA) is 103 Å². The van der Waals surface area contributed by atoms with Gasteiger partial charge < -0.3 is 15.6 Å². The van der Waals surface area contributed by atoms with E-state index in [4.69, 9.17) is 15.5 Å². The van der Waals surface area contributed by atoms with Crippen molar-refractivity contribution in [3.05, 3.63) is 72.6 Å². The van der Waals surface area contributed by atoms with Gasteiger partial charge in [0.05, 0.1) is 5.41 Å². The highest BCUT2D eigenvalue weighted by atomic mass is 19.1. The van der Waals surface area contributed by atoms with Crippen molar-refractivity contribution in [3.63, 3.8) is 0 Å². The zero-order valence-electron chi connectivity index (χ0n) is 19.6. The van der Waals surface area contributed by atoms with Gasteiger partial charge in [0.15, 0.2) is 0 Å². The van der Waals surface area contributed by atoms with Gasteiger partial charge in [-0.25, -0.2) is 14.4 Å². The van der Waals surface area contributed by atoms with E-state index in [0.717, 1.165) is 17.8 Å². The first-order valence-electron chi connectivity index (χ1n) is 11.7. The van der Waals surface area contributed by atoms with E-state index in [1.807, 2.05) is 36.6 Å². The molecule has 2 atom stereocenters. The molecule has 3 N–H and O–H groups in total. The SMILES string of the molecule is CC(C)[C@@]1(C(=O)O)CC[C@@H](c2nc(-c3ccc(Oc4cccc(F)c4)cc3)c3c(N)nccn23)C1. The normalized spacial score (nSPS) is 19.9. The Hall–Kier alpha value is -3.94. The van der Waals surface area contributed by atoms with Crippen molar-refractivity contribution in [2.24, 2.45) is 11.3 Å². The number of nitrogen functional groups attached to an aromatic ring is 1. The molecule has 1 saturated carbocycles. The van der Waals surface area contributed by atoms with Crippen LogP contribution in [0.5, 0.6) is 11.5 Å². The van der Waals surface area contributed by atoms with E-state index in [2.05, 4.69) is 4.98 Å². The lowest BCUT2D eigenvalue weighted by atomic mass is 9.75. The number of carboxylic acid groups (broad SMARTS) is 1. The first-order valence-corrected chi connectivity index (χ1v) is 11.7. The van der Waals surface area contributed by atoms with Crippen LogP contribution in [0.25, 0.3) is 16.8 Å². The average molecular weight is 475 g/mol. The summed E-state index contributed by atoms with van der Waals surface area (Å²) in [6.45, 7) is 3.95. The van der Waals surface area contributed by atoms with Gasteiger partial charge in [0, 0.05) is 29.9 Å². The molecule has 0 unspecified atom stereocenters. The van der Waals surface area contributed by atoms with Crippen LogP contribution in [0.2, 0.25) is 0 Å². The number of aromatic nitrogens is 3. The quantitative estimate of drug-likeness (QED) is 0.360. The van der Waals surface area contributed by atoms with Gasteiger partial charge in [-0.05, 0) is 61.6 Å². The lowest BCUT2D eigenvalue weighted by Crippen LogP contribution is -2.33. The molecule has 0 amide bonds. The van der Waals surface area contributed by atoms with Crippen molar-refractivity contribution in [2.45, 2.75) is 39.0 Å². The minimum Gasteiger partial charge on any atom is -0.481 e. The molecular formula is C27H27FN4O3. The van der Waals surface area contributed by atoms with E-state index >= 15 is 0 Å². The van der Waals surface area contributed by atoms with E-state index in [9.17, 15) is 14.3 Å². The molecule has 4 aromatic rings. The number of aliphatic carboxylic acids is 1. The van der Waals surface area contributed by atoms with Crippen LogP contribution < -0.4 is 10.5 Å². The van der Waals surface area contributed by atoms with Crippen LogP contribution in [0, 0.1) is 17.2 Å². The summed E-state index contributed by atoms with van der Waals surface area (Å²) in [5.41, 5.74) is 7.72. The molecule has 0 saturated heterocycles. The summed E-state index contributed by atoms with van der Waals surface area (Å²) in [4.78, 5) is 21.4. The van der Waals surface area contributed by atoms with E-state index in [1.54, 1.807) is 30.5 Å². The molecule has 1 aliphatic rings. The first kappa shape index (κ1) is 22.8. The summed E-state index contributed by atoms with van der Waals surface area (Å²) in [6.07, 6.45) is 5.35. The highest BCUT2D eigenvalue weighted by Gasteiger charge is 2.49. The number of fused-ring (bicyclic) bond motifs is 1. The second-order valence-electron chi connectivity index (χ2n) is 9.49. The number of carbonyl (C=O) groups is 1. The van der Waals surface area contributed by atoms with Crippen LogP contribution in [0.4, 0.5) is 10.2 Å². The van der Waals surface area contributed by atoms with Gasteiger partial charge in [-0.2, -0.15) is 0 Å². The molecule has 8 heteroatoms. The highest BCUT2D eigenvalue weighted by Crippen LogP contribution is 2.51. The Bertz CT molecular complexity index is 1400. The second-order valence-corrected chi connectivity index (χ2v) is 9.49.